The SMILES string of the molecule is O=C(OCc1cccc(C(F)(F)F)c1)C(=Cc1cccc(Cl)c1)C(O)c1cccnc1. The number of aliphatic hydroxyl groups excluding tert-OH is 1. The summed E-state index contributed by atoms with van der Waals surface area (Å²) in [4.78, 5) is 16.7. The topological polar surface area (TPSA) is 59.4 Å². The second-order valence-corrected chi connectivity index (χ2v) is 7.05. The number of halogens is 4. The highest BCUT2D eigenvalue weighted by atomic mass is 35.5. The molecule has 1 N–H and O–H groups in total. The van der Waals surface area contributed by atoms with Crippen LogP contribution in [-0.4, -0.2) is 16.1 Å². The van der Waals surface area contributed by atoms with Gasteiger partial charge in [-0.25, -0.2) is 4.79 Å². The smallest absolute Gasteiger partial charge is 0.416 e. The summed E-state index contributed by atoms with van der Waals surface area (Å²) < 4.78 is 43.9. The maximum atomic E-state index is 12.9. The molecule has 31 heavy (non-hydrogen) atoms. The van der Waals surface area contributed by atoms with Crippen LogP contribution in [0.5, 0.6) is 0 Å². The van der Waals surface area contributed by atoms with E-state index in [2.05, 4.69) is 4.98 Å². The summed E-state index contributed by atoms with van der Waals surface area (Å²) in [5.41, 5.74) is 0.114. The monoisotopic (exact) mass is 447 g/mol. The Morgan fingerprint density at radius 2 is 1.90 bits per heavy atom. The fourth-order valence-electron chi connectivity index (χ4n) is 2.81. The minimum atomic E-state index is -4.51. The maximum absolute atomic E-state index is 12.9. The molecule has 1 heterocycles. The minimum Gasteiger partial charge on any atom is -0.457 e. The number of hydrogen-bond donors (Lipinski definition) is 1. The summed E-state index contributed by atoms with van der Waals surface area (Å²) in [5.74, 6) is -0.881. The lowest BCUT2D eigenvalue weighted by Crippen LogP contribution is -2.15. The molecule has 8 heteroatoms. The molecule has 0 radical (unpaired) electrons. The first kappa shape index (κ1) is 22.5. The van der Waals surface area contributed by atoms with Crippen molar-refractivity contribution < 1.29 is 27.8 Å². The quantitative estimate of drug-likeness (QED) is 0.394. The molecule has 0 bridgehead atoms. The molecule has 0 aliphatic rings. The van der Waals surface area contributed by atoms with Gasteiger partial charge in [-0.15, -0.1) is 0 Å². The van der Waals surface area contributed by atoms with Crippen LogP contribution < -0.4 is 0 Å². The van der Waals surface area contributed by atoms with E-state index in [0.717, 1.165) is 12.1 Å². The van der Waals surface area contributed by atoms with Crippen molar-refractivity contribution in [1.29, 1.82) is 0 Å². The number of benzene rings is 2. The molecule has 3 rings (SSSR count). The van der Waals surface area contributed by atoms with Crippen LogP contribution >= 0.6 is 11.6 Å². The average molecular weight is 448 g/mol. The zero-order valence-corrected chi connectivity index (χ0v) is 16.8. The van der Waals surface area contributed by atoms with Crippen molar-refractivity contribution in [2.24, 2.45) is 0 Å². The molecule has 3 aromatic rings. The van der Waals surface area contributed by atoms with Gasteiger partial charge >= 0.3 is 12.1 Å². The number of pyridine rings is 1. The summed E-state index contributed by atoms with van der Waals surface area (Å²) in [6.07, 6.45) is -1.53. The Hall–Kier alpha value is -3.16. The predicted octanol–water partition coefficient (Wildman–Crippen LogP) is 5.61. The molecular weight excluding hydrogens is 431 g/mol. The van der Waals surface area contributed by atoms with Crippen molar-refractivity contribution in [1.82, 2.24) is 4.98 Å². The van der Waals surface area contributed by atoms with E-state index in [9.17, 15) is 23.1 Å². The van der Waals surface area contributed by atoms with E-state index >= 15 is 0 Å². The molecule has 1 aromatic heterocycles. The van der Waals surface area contributed by atoms with E-state index in [1.165, 1.54) is 30.6 Å². The van der Waals surface area contributed by atoms with E-state index in [1.54, 1.807) is 36.4 Å². The lowest BCUT2D eigenvalue weighted by atomic mass is 10.0. The first-order valence-corrected chi connectivity index (χ1v) is 9.50. The zero-order valence-electron chi connectivity index (χ0n) is 16.0. The fraction of sp³-hybridized carbons (Fsp3) is 0.130. The van der Waals surface area contributed by atoms with Crippen LogP contribution in [0.25, 0.3) is 6.08 Å². The second-order valence-electron chi connectivity index (χ2n) is 6.62. The van der Waals surface area contributed by atoms with Crippen LogP contribution in [-0.2, 0) is 22.3 Å². The molecule has 0 aliphatic carbocycles. The number of ether oxygens (including phenoxy) is 1. The molecule has 0 saturated carbocycles. The molecule has 0 saturated heterocycles. The number of aliphatic hydroxyl groups is 1. The number of esters is 1. The van der Waals surface area contributed by atoms with Gasteiger partial charge in [-0.3, -0.25) is 4.98 Å². The molecule has 0 amide bonds. The molecule has 0 fully saturated rings. The Morgan fingerprint density at radius 1 is 1.13 bits per heavy atom. The Morgan fingerprint density at radius 3 is 2.58 bits per heavy atom. The molecule has 4 nitrogen and oxygen atoms in total. The number of nitrogens with zero attached hydrogens (tertiary/aromatic N) is 1. The van der Waals surface area contributed by atoms with Crippen molar-refractivity contribution in [3.8, 4) is 0 Å². The number of carbonyl (C=O) groups is 1. The van der Waals surface area contributed by atoms with E-state index in [0.29, 0.717) is 16.1 Å². The highest BCUT2D eigenvalue weighted by Crippen LogP contribution is 2.30. The van der Waals surface area contributed by atoms with Gasteiger partial charge in [0.05, 0.1) is 11.1 Å². The highest BCUT2D eigenvalue weighted by molar-refractivity contribution is 6.30. The number of aromatic nitrogens is 1. The van der Waals surface area contributed by atoms with Gasteiger partial charge in [-0.2, -0.15) is 13.2 Å². The average Bonchev–Trinajstić information content (AvgIpc) is 2.75. The second kappa shape index (κ2) is 9.76. The van der Waals surface area contributed by atoms with E-state index in [-0.39, 0.29) is 11.1 Å². The summed E-state index contributed by atoms with van der Waals surface area (Å²) in [5, 5.41) is 11.2. The molecular formula is C23H17ClF3NO3. The van der Waals surface area contributed by atoms with E-state index in [1.807, 2.05) is 0 Å². The maximum Gasteiger partial charge on any atom is 0.416 e. The number of rotatable bonds is 6. The van der Waals surface area contributed by atoms with Crippen LogP contribution in [0.2, 0.25) is 5.02 Å². The van der Waals surface area contributed by atoms with E-state index < -0.39 is 30.4 Å². The summed E-state index contributed by atoms with van der Waals surface area (Å²) in [6.45, 7) is -0.393. The lowest BCUT2D eigenvalue weighted by Gasteiger charge is -2.15. The molecule has 2 aromatic carbocycles. The number of carbonyl (C=O) groups excluding carboxylic acids is 1. The standard InChI is InChI=1S/C23H17ClF3NO3/c24-19-8-2-4-15(11-19)12-20(21(29)17-6-3-9-28-13-17)22(30)31-14-16-5-1-7-18(10-16)23(25,26)27/h1-13,21,29H,14H2. The largest absolute Gasteiger partial charge is 0.457 e. The first-order valence-electron chi connectivity index (χ1n) is 9.12. The van der Waals surface area contributed by atoms with Crippen molar-refractivity contribution in [3.05, 3.63) is 106 Å². The third-order valence-corrected chi connectivity index (χ3v) is 4.56. The van der Waals surface area contributed by atoms with Gasteiger partial charge in [-0.1, -0.05) is 41.9 Å². The third-order valence-electron chi connectivity index (χ3n) is 4.33. The van der Waals surface area contributed by atoms with Crippen molar-refractivity contribution in [2.75, 3.05) is 0 Å². The molecule has 0 spiro atoms. The number of hydrogen-bond acceptors (Lipinski definition) is 4. The van der Waals surface area contributed by atoms with Gasteiger partial charge in [0, 0.05) is 23.0 Å². The normalized spacial score (nSPS) is 13.0. The van der Waals surface area contributed by atoms with Crippen molar-refractivity contribution in [3.63, 3.8) is 0 Å². The summed E-state index contributed by atoms with van der Waals surface area (Å²) in [6, 6.07) is 14.3. The Balaban J connectivity index is 1.86. The lowest BCUT2D eigenvalue weighted by molar-refractivity contribution is -0.141. The van der Waals surface area contributed by atoms with Crippen molar-refractivity contribution >= 4 is 23.6 Å². The van der Waals surface area contributed by atoms with Gasteiger partial charge in [-0.05, 0) is 47.5 Å². The van der Waals surface area contributed by atoms with E-state index in [4.69, 9.17) is 16.3 Å². The van der Waals surface area contributed by atoms with Crippen LogP contribution in [0, 0.1) is 0 Å². The van der Waals surface area contributed by atoms with Crippen LogP contribution in [0.15, 0.2) is 78.6 Å². The molecule has 1 unspecified atom stereocenters. The van der Waals surface area contributed by atoms with Crippen LogP contribution in [0.4, 0.5) is 13.2 Å². The van der Waals surface area contributed by atoms with Gasteiger partial charge in [0.25, 0.3) is 0 Å². The summed E-state index contributed by atoms with van der Waals surface area (Å²) in [7, 11) is 0. The van der Waals surface area contributed by atoms with Gasteiger partial charge in [0.2, 0.25) is 0 Å². The van der Waals surface area contributed by atoms with Gasteiger partial charge in [0.15, 0.2) is 0 Å². The Labute approximate surface area is 181 Å². The number of alkyl halides is 3. The third kappa shape index (κ3) is 6.16. The Bertz CT molecular complexity index is 1080. The van der Waals surface area contributed by atoms with Crippen LogP contribution in [0.1, 0.15) is 28.4 Å². The molecule has 160 valence electrons. The summed E-state index contributed by atoms with van der Waals surface area (Å²) >= 11 is 5.99. The Kier molecular flexibility index (Phi) is 7.09. The van der Waals surface area contributed by atoms with Gasteiger partial charge < -0.3 is 9.84 Å². The minimum absolute atomic E-state index is 0.109. The predicted molar refractivity (Wildman–Crippen MR) is 110 cm³/mol. The zero-order chi connectivity index (χ0) is 22.4. The first-order chi connectivity index (χ1) is 14.7. The van der Waals surface area contributed by atoms with Crippen LogP contribution in [0.3, 0.4) is 0 Å². The fourth-order valence-corrected chi connectivity index (χ4v) is 3.01. The molecule has 0 aliphatic heterocycles. The molecule has 1 atom stereocenters. The van der Waals surface area contributed by atoms with Gasteiger partial charge in [0.1, 0.15) is 12.7 Å². The highest BCUT2D eigenvalue weighted by Gasteiger charge is 2.30. The van der Waals surface area contributed by atoms with Crippen molar-refractivity contribution in [2.45, 2.75) is 18.9 Å².